The number of benzene rings is 1. The highest BCUT2D eigenvalue weighted by atomic mass is 35.5. The van der Waals surface area contributed by atoms with Crippen LogP contribution in [0.5, 0.6) is 0 Å². The van der Waals surface area contributed by atoms with Gasteiger partial charge >= 0.3 is 0 Å². The largest absolute Gasteiger partial charge is 0.352 e. The highest BCUT2D eigenvalue weighted by molar-refractivity contribution is 6.31. The molecule has 1 aliphatic rings. The first kappa shape index (κ1) is 15.3. The number of halogens is 2. The average Bonchev–Trinajstić information content (AvgIpc) is 2.33. The minimum absolute atomic E-state index is 0. The van der Waals surface area contributed by atoms with E-state index in [4.69, 9.17) is 11.6 Å². The second-order valence-electron chi connectivity index (χ2n) is 4.38. The Morgan fingerprint density at radius 2 is 2.22 bits per heavy atom. The van der Waals surface area contributed by atoms with Gasteiger partial charge in [0.05, 0.1) is 6.42 Å². The maximum absolute atomic E-state index is 11.8. The summed E-state index contributed by atoms with van der Waals surface area (Å²) in [4.78, 5) is 11.8. The van der Waals surface area contributed by atoms with E-state index < -0.39 is 0 Å². The topological polar surface area (TPSA) is 41.1 Å². The van der Waals surface area contributed by atoms with Gasteiger partial charge in [0.1, 0.15) is 0 Å². The number of piperidine rings is 1. The van der Waals surface area contributed by atoms with Crippen LogP contribution in [0.1, 0.15) is 18.4 Å². The van der Waals surface area contributed by atoms with Crippen LogP contribution in [0.3, 0.4) is 0 Å². The van der Waals surface area contributed by atoms with Crippen LogP contribution in [0, 0.1) is 0 Å². The van der Waals surface area contributed by atoms with Gasteiger partial charge < -0.3 is 10.6 Å². The third kappa shape index (κ3) is 4.48. The molecule has 1 atom stereocenters. The molecular formula is C13H18Cl2N2O. The fourth-order valence-electron chi connectivity index (χ4n) is 2.07. The van der Waals surface area contributed by atoms with Crippen LogP contribution >= 0.6 is 24.0 Å². The Morgan fingerprint density at radius 1 is 1.44 bits per heavy atom. The van der Waals surface area contributed by atoms with Crippen molar-refractivity contribution in [2.45, 2.75) is 25.3 Å². The molecule has 100 valence electrons. The van der Waals surface area contributed by atoms with Gasteiger partial charge in [-0.25, -0.2) is 0 Å². The van der Waals surface area contributed by atoms with Gasteiger partial charge in [-0.1, -0.05) is 29.8 Å². The van der Waals surface area contributed by atoms with Crippen molar-refractivity contribution < 1.29 is 4.79 Å². The Bertz CT molecular complexity index is 392. The zero-order valence-electron chi connectivity index (χ0n) is 10.1. The molecule has 0 radical (unpaired) electrons. The van der Waals surface area contributed by atoms with Crippen LogP contribution in [0.2, 0.25) is 5.02 Å². The van der Waals surface area contributed by atoms with Crippen LogP contribution in [-0.2, 0) is 11.2 Å². The Balaban J connectivity index is 0.00000162. The molecule has 0 spiro atoms. The van der Waals surface area contributed by atoms with Crippen molar-refractivity contribution in [1.29, 1.82) is 0 Å². The molecule has 0 saturated carbocycles. The molecule has 5 heteroatoms. The lowest BCUT2D eigenvalue weighted by Crippen LogP contribution is -2.46. The van der Waals surface area contributed by atoms with Gasteiger partial charge in [0.25, 0.3) is 0 Å². The molecule has 2 N–H and O–H groups in total. The smallest absolute Gasteiger partial charge is 0.224 e. The lowest BCUT2D eigenvalue weighted by atomic mass is 10.1. The summed E-state index contributed by atoms with van der Waals surface area (Å²) in [5.41, 5.74) is 0.885. The summed E-state index contributed by atoms with van der Waals surface area (Å²) in [5.74, 6) is 0.0480. The summed E-state index contributed by atoms with van der Waals surface area (Å²) < 4.78 is 0. The van der Waals surface area contributed by atoms with Gasteiger partial charge in [0, 0.05) is 17.6 Å². The minimum atomic E-state index is 0. The molecule has 1 aromatic rings. The molecule has 1 heterocycles. The zero-order chi connectivity index (χ0) is 12.1. The van der Waals surface area contributed by atoms with E-state index in [-0.39, 0.29) is 24.4 Å². The third-order valence-electron chi connectivity index (χ3n) is 2.97. The fourth-order valence-corrected chi connectivity index (χ4v) is 2.27. The van der Waals surface area contributed by atoms with Crippen LogP contribution < -0.4 is 10.6 Å². The first-order chi connectivity index (χ1) is 8.25. The molecule has 3 nitrogen and oxygen atoms in total. The lowest BCUT2D eigenvalue weighted by Gasteiger charge is -2.23. The summed E-state index contributed by atoms with van der Waals surface area (Å²) >= 11 is 6.02. The molecule has 1 aromatic carbocycles. The fraction of sp³-hybridized carbons (Fsp3) is 0.462. The summed E-state index contributed by atoms with van der Waals surface area (Å²) in [5, 5.41) is 6.97. The second kappa shape index (κ2) is 7.62. The van der Waals surface area contributed by atoms with E-state index in [1.54, 1.807) is 0 Å². The Morgan fingerprint density at radius 3 is 2.89 bits per heavy atom. The Labute approximate surface area is 119 Å². The number of nitrogens with one attached hydrogen (secondary N) is 2. The summed E-state index contributed by atoms with van der Waals surface area (Å²) in [6, 6.07) is 7.73. The predicted octanol–water partition coefficient (Wildman–Crippen LogP) is 2.17. The summed E-state index contributed by atoms with van der Waals surface area (Å²) in [6.07, 6.45) is 2.54. The Hall–Kier alpha value is -0.770. The molecule has 2 rings (SSSR count). The molecule has 1 fully saturated rings. The molecular weight excluding hydrogens is 271 g/mol. The third-order valence-corrected chi connectivity index (χ3v) is 3.34. The maximum atomic E-state index is 11.8. The van der Waals surface area contributed by atoms with Crippen molar-refractivity contribution >= 4 is 29.9 Å². The summed E-state index contributed by atoms with van der Waals surface area (Å²) in [7, 11) is 0. The first-order valence-electron chi connectivity index (χ1n) is 5.99. The van der Waals surface area contributed by atoms with Gasteiger partial charge in [-0.05, 0) is 31.0 Å². The van der Waals surface area contributed by atoms with E-state index in [9.17, 15) is 4.79 Å². The predicted molar refractivity (Wildman–Crippen MR) is 76.4 cm³/mol. The number of carbonyl (C=O) groups excluding carboxylic acids is 1. The quantitative estimate of drug-likeness (QED) is 0.895. The normalized spacial score (nSPS) is 18.8. The van der Waals surface area contributed by atoms with E-state index >= 15 is 0 Å². The molecule has 0 aliphatic carbocycles. The number of amides is 1. The average molecular weight is 289 g/mol. The molecule has 1 aliphatic heterocycles. The molecule has 1 saturated heterocycles. The van der Waals surface area contributed by atoms with Crippen molar-refractivity contribution in [1.82, 2.24) is 10.6 Å². The van der Waals surface area contributed by atoms with Gasteiger partial charge in [0.15, 0.2) is 0 Å². The maximum Gasteiger partial charge on any atom is 0.224 e. The highest BCUT2D eigenvalue weighted by Gasteiger charge is 2.15. The van der Waals surface area contributed by atoms with Crippen LogP contribution in [0.4, 0.5) is 0 Å². The molecule has 1 amide bonds. The molecule has 0 aromatic heterocycles. The van der Waals surface area contributed by atoms with Crippen LogP contribution in [0.15, 0.2) is 24.3 Å². The van der Waals surface area contributed by atoms with Crippen LogP contribution in [-0.4, -0.2) is 25.0 Å². The van der Waals surface area contributed by atoms with Gasteiger partial charge in [-0.3, -0.25) is 4.79 Å². The van der Waals surface area contributed by atoms with Crippen molar-refractivity contribution in [3.8, 4) is 0 Å². The van der Waals surface area contributed by atoms with E-state index in [0.717, 1.165) is 31.5 Å². The van der Waals surface area contributed by atoms with E-state index in [1.165, 1.54) is 0 Å². The van der Waals surface area contributed by atoms with Crippen molar-refractivity contribution in [3.05, 3.63) is 34.9 Å². The number of rotatable bonds is 3. The van der Waals surface area contributed by atoms with Gasteiger partial charge in [-0.2, -0.15) is 0 Å². The van der Waals surface area contributed by atoms with Crippen molar-refractivity contribution in [2.24, 2.45) is 0 Å². The standard InChI is InChI=1S/C13H17ClN2O.ClH/c14-12-6-2-1-4-10(12)8-13(17)16-11-5-3-7-15-9-11;/h1-2,4,6,11,15H,3,5,7-9H2,(H,16,17);1H/t11-;/m0./s1. The minimum Gasteiger partial charge on any atom is -0.352 e. The number of hydrogen-bond donors (Lipinski definition) is 2. The van der Waals surface area contributed by atoms with Crippen molar-refractivity contribution in [3.63, 3.8) is 0 Å². The van der Waals surface area contributed by atoms with Gasteiger partial charge in [-0.15, -0.1) is 12.4 Å². The molecule has 0 bridgehead atoms. The molecule has 18 heavy (non-hydrogen) atoms. The van der Waals surface area contributed by atoms with Gasteiger partial charge in [0.2, 0.25) is 5.91 Å². The highest BCUT2D eigenvalue weighted by Crippen LogP contribution is 2.15. The van der Waals surface area contributed by atoms with Crippen LogP contribution in [0.25, 0.3) is 0 Å². The van der Waals surface area contributed by atoms with Crippen molar-refractivity contribution in [2.75, 3.05) is 13.1 Å². The van der Waals surface area contributed by atoms with E-state index in [1.807, 2.05) is 24.3 Å². The first-order valence-corrected chi connectivity index (χ1v) is 6.37. The SMILES string of the molecule is Cl.O=C(Cc1ccccc1Cl)N[C@H]1CCCNC1. The zero-order valence-corrected chi connectivity index (χ0v) is 11.7. The monoisotopic (exact) mass is 288 g/mol. The lowest BCUT2D eigenvalue weighted by molar-refractivity contribution is -0.121. The Kier molecular flexibility index (Phi) is 6.47. The van der Waals surface area contributed by atoms with E-state index in [2.05, 4.69) is 10.6 Å². The second-order valence-corrected chi connectivity index (χ2v) is 4.79. The summed E-state index contributed by atoms with van der Waals surface area (Å²) in [6.45, 7) is 1.92. The number of hydrogen-bond acceptors (Lipinski definition) is 2. The molecule has 0 unspecified atom stereocenters. The van der Waals surface area contributed by atoms with E-state index in [0.29, 0.717) is 11.4 Å². The number of carbonyl (C=O) groups is 1.